The molecule has 70 valence electrons. The molecule has 0 aliphatic heterocycles. The van der Waals surface area contributed by atoms with E-state index in [0.29, 0.717) is 17.6 Å². The number of carbonyl (C=O) groups is 1. The Balaban J connectivity index is 3.06. The van der Waals surface area contributed by atoms with E-state index >= 15 is 0 Å². The highest BCUT2D eigenvalue weighted by Crippen LogP contribution is 2.28. The van der Waals surface area contributed by atoms with Crippen LogP contribution in [0.3, 0.4) is 0 Å². The second kappa shape index (κ2) is 3.30. The van der Waals surface area contributed by atoms with E-state index in [0.717, 1.165) is 0 Å². The smallest absolute Gasteiger partial charge is 0.181 e. The highest BCUT2D eigenvalue weighted by molar-refractivity contribution is 6.05. The van der Waals surface area contributed by atoms with Crippen LogP contribution in [0.2, 0.25) is 0 Å². The predicted octanol–water partition coefficient (Wildman–Crippen LogP) is 1.77. The van der Waals surface area contributed by atoms with Crippen molar-refractivity contribution in [3.63, 3.8) is 0 Å². The van der Waals surface area contributed by atoms with Crippen molar-refractivity contribution in [3.8, 4) is 0 Å². The second-order valence-corrected chi connectivity index (χ2v) is 3.44. The van der Waals surface area contributed by atoms with Gasteiger partial charge in [-0.15, -0.1) is 6.58 Å². The summed E-state index contributed by atoms with van der Waals surface area (Å²) in [5, 5.41) is 10.1. The lowest BCUT2D eigenvalue weighted by atomic mass is 9.83. The minimum Gasteiger partial charge on any atom is -0.381 e. The van der Waals surface area contributed by atoms with Gasteiger partial charge in [-0.05, 0) is 37.1 Å². The first-order valence-corrected chi connectivity index (χ1v) is 4.25. The van der Waals surface area contributed by atoms with Crippen LogP contribution in [0.5, 0.6) is 0 Å². The number of allylic oxidation sites excluding steroid dienone is 2. The Labute approximate surface area is 78.3 Å². The molecule has 13 heavy (non-hydrogen) atoms. The Bertz CT molecular complexity index is 310. The van der Waals surface area contributed by atoms with Crippen LogP contribution in [-0.2, 0) is 4.79 Å². The molecule has 0 amide bonds. The molecule has 2 heteroatoms. The van der Waals surface area contributed by atoms with E-state index in [1.807, 2.05) is 0 Å². The molecule has 1 aliphatic rings. The third-order valence-electron chi connectivity index (χ3n) is 2.33. The van der Waals surface area contributed by atoms with Crippen LogP contribution in [0.4, 0.5) is 0 Å². The molecule has 1 rings (SSSR count). The van der Waals surface area contributed by atoms with Crippen molar-refractivity contribution in [3.05, 3.63) is 36.0 Å². The fraction of sp³-hybridized carbons (Fsp3) is 0.364. The van der Waals surface area contributed by atoms with E-state index < -0.39 is 5.60 Å². The molecule has 1 aliphatic carbocycles. The fourth-order valence-electron chi connectivity index (χ4n) is 1.42. The minimum absolute atomic E-state index is 0.0220. The van der Waals surface area contributed by atoms with Gasteiger partial charge in [0, 0.05) is 6.42 Å². The van der Waals surface area contributed by atoms with Gasteiger partial charge in [0.2, 0.25) is 0 Å². The number of aliphatic hydroxyl groups is 1. The van der Waals surface area contributed by atoms with Gasteiger partial charge in [-0.1, -0.05) is 6.08 Å². The van der Waals surface area contributed by atoms with E-state index in [4.69, 9.17) is 0 Å². The van der Waals surface area contributed by atoms with E-state index in [2.05, 4.69) is 6.58 Å². The Morgan fingerprint density at radius 1 is 1.62 bits per heavy atom. The van der Waals surface area contributed by atoms with Crippen molar-refractivity contribution >= 4 is 5.78 Å². The summed E-state index contributed by atoms with van der Waals surface area (Å²) in [6, 6.07) is 0. The molecule has 2 nitrogen and oxygen atoms in total. The molecular weight excluding hydrogens is 164 g/mol. The van der Waals surface area contributed by atoms with E-state index in [-0.39, 0.29) is 5.78 Å². The van der Waals surface area contributed by atoms with Gasteiger partial charge in [-0.2, -0.15) is 0 Å². The van der Waals surface area contributed by atoms with Crippen molar-refractivity contribution in [1.82, 2.24) is 0 Å². The summed E-state index contributed by atoms with van der Waals surface area (Å²) in [5.74, 6) is -0.0220. The molecule has 0 saturated heterocycles. The van der Waals surface area contributed by atoms with Gasteiger partial charge in [-0.25, -0.2) is 0 Å². The molecule has 0 bridgehead atoms. The lowest BCUT2D eigenvalue weighted by Crippen LogP contribution is -2.31. The van der Waals surface area contributed by atoms with Crippen LogP contribution in [0.1, 0.15) is 20.3 Å². The van der Waals surface area contributed by atoms with Crippen molar-refractivity contribution in [1.29, 1.82) is 0 Å². The van der Waals surface area contributed by atoms with Crippen molar-refractivity contribution in [2.45, 2.75) is 25.9 Å². The number of rotatable bonds is 2. The minimum atomic E-state index is -1.00. The molecule has 1 N–H and O–H groups in total. The number of hydrogen-bond acceptors (Lipinski definition) is 2. The van der Waals surface area contributed by atoms with Gasteiger partial charge in [0.05, 0.1) is 0 Å². The molecule has 0 aromatic carbocycles. The lowest BCUT2D eigenvalue weighted by molar-refractivity contribution is -0.111. The molecule has 0 radical (unpaired) electrons. The monoisotopic (exact) mass is 178 g/mol. The first-order chi connectivity index (χ1) is 5.99. The lowest BCUT2D eigenvalue weighted by Gasteiger charge is -2.27. The topological polar surface area (TPSA) is 37.3 Å². The molecule has 0 fully saturated rings. The summed E-state index contributed by atoms with van der Waals surface area (Å²) in [7, 11) is 0. The number of hydrogen-bond donors (Lipinski definition) is 1. The Kier molecular flexibility index (Phi) is 2.52. The maximum atomic E-state index is 11.2. The fourth-order valence-corrected chi connectivity index (χ4v) is 1.42. The molecule has 0 aromatic heterocycles. The Morgan fingerprint density at radius 2 is 2.23 bits per heavy atom. The largest absolute Gasteiger partial charge is 0.381 e. The van der Waals surface area contributed by atoms with Crippen molar-refractivity contribution in [2.24, 2.45) is 0 Å². The predicted molar refractivity (Wildman–Crippen MR) is 52.3 cm³/mol. The molecule has 0 saturated carbocycles. The van der Waals surface area contributed by atoms with Gasteiger partial charge in [0.15, 0.2) is 5.78 Å². The maximum Gasteiger partial charge on any atom is 0.181 e. The summed E-state index contributed by atoms with van der Waals surface area (Å²) < 4.78 is 0. The van der Waals surface area contributed by atoms with Crippen molar-refractivity contribution in [2.75, 3.05) is 0 Å². The van der Waals surface area contributed by atoms with Crippen LogP contribution >= 0.6 is 0 Å². The summed E-state index contributed by atoms with van der Waals surface area (Å²) in [6.45, 7) is 7.04. The van der Waals surface area contributed by atoms with Gasteiger partial charge < -0.3 is 5.11 Å². The van der Waals surface area contributed by atoms with Crippen LogP contribution in [0.25, 0.3) is 0 Å². The first kappa shape index (κ1) is 9.93. The number of carbonyl (C=O) groups excluding carboxylic acids is 1. The Hall–Kier alpha value is -1.15. The second-order valence-electron chi connectivity index (χ2n) is 3.44. The van der Waals surface area contributed by atoms with Crippen molar-refractivity contribution < 1.29 is 9.90 Å². The zero-order chi connectivity index (χ0) is 10.1. The Morgan fingerprint density at radius 3 is 2.77 bits per heavy atom. The molecular formula is C11H14O2. The summed E-state index contributed by atoms with van der Waals surface area (Å²) in [6.07, 6.45) is 5.18. The third-order valence-corrected chi connectivity index (χ3v) is 2.33. The third kappa shape index (κ3) is 1.78. The van der Waals surface area contributed by atoms with Crippen LogP contribution in [0.15, 0.2) is 36.0 Å². The summed E-state index contributed by atoms with van der Waals surface area (Å²) in [5.41, 5.74) is 0.276. The average Bonchev–Trinajstić information content (AvgIpc) is 2.02. The number of ketones is 1. The molecule has 0 aromatic rings. The van der Waals surface area contributed by atoms with Gasteiger partial charge in [0.1, 0.15) is 5.60 Å². The summed E-state index contributed by atoms with van der Waals surface area (Å²) >= 11 is 0. The maximum absolute atomic E-state index is 11.2. The molecule has 1 atom stereocenters. The molecule has 1 unspecified atom stereocenters. The summed E-state index contributed by atoms with van der Waals surface area (Å²) in [4.78, 5) is 11.2. The normalized spacial score (nSPS) is 28.1. The molecule has 0 spiro atoms. The van der Waals surface area contributed by atoms with E-state index in [1.165, 1.54) is 6.08 Å². The first-order valence-electron chi connectivity index (χ1n) is 4.25. The SMILES string of the molecule is C=CCC1(O)C=C(C)C(=O)C=C1C. The molecule has 0 heterocycles. The van der Waals surface area contributed by atoms with Gasteiger partial charge in [0.25, 0.3) is 0 Å². The van der Waals surface area contributed by atoms with Gasteiger partial charge >= 0.3 is 0 Å². The zero-order valence-electron chi connectivity index (χ0n) is 8.00. The quantitative estimate of drug-likeness (QED) is 0.654. The van der Waals surface area contributed by atoms with E-state index in [1.54, 1.807) is 26.0 Å². The van der Waals surface area contributed by atoms with Crippen LogP contribution in [0, 0.1) is 0 Å². The average molecular weight is 178 g/mol. The standard InChI is InChI=1S/C11H14O2/c1-4-5-11(13)7-8(2)10(12)6-9(11)3/h4,6-7,13H,1,5H2,2-3H3. The highest BCUT2D eigenvalue weighted by Gasteiger charge is 2.29. The van der Waals surface area contributed by atoms with Crippen LogP contribution in [-0.4, -0.2) is 16.5 Å². The van der Waals surface area contributed by atoms with E-state index in [9.17, 15) is 9.90 Å². The van der Waals surface area contributed by atoms with Crippen LogP contribution < -0.4 is 0 Å². The van der Waals surface area contributed by atoms with Gasteiger partial charge in [-0.3, -0.25) is 4.79 Å². The highest BCUT2D eigenvalue weighted by atomic mass is 16.3. The zero-order valence-corrected chi connectivity index (χ0v) is 8.00.